The number of piperidine rings is 1. The molecular formula is C19H22N2O6S2. The number of rotatable bonds is 6. The van der Waals surface area contributed by atoms with Crippen molar-refractivity contribution < 1.29 is 27.5 Å². The van der Waals surface area contributed by atoms with Gasteiger partial charge in [-0.25, -0.2) is 13.2 Å². The number of nitrogens with one attached hydrogen (secondary N) is 1. The fourth-order valence-electron chi connectivity index (χ4n) is 3.16. The largest absolute Gasteiger partial charge is 0.497 e. The Bertz CT molecular complexity index is 984. The summed E-state index contributed by atoms with van der Waals surface area (Å²) in [5.41, 5.74) is 0.282. The number of carbonyl (C=O) groups excluding carboxylic acids is 2. The number of anilines is 1. The highest BCUT2D eigenvalue weighted by atomic mass is 32.2. The second-order valence-electron chi connectivity index (χ2n) is 6.52. The van der Waals surface area contributed by atoms with Crippen LogP contribution in [0.1, 0.15) is 23.2 Å². The Hall–Kier alpha value is -2.43. The van der Waals surface area contributed by atoms with Crippen LogP contribution in [0.4, 0.5) is 5.00 Å². The summed E-state index contributed by atoms with van der Waals surface area (Å²) < 4.78 is 37.0. The van der Waals surface area contributed by atoms with E-state index in [1.165, 1.54) is 42.0 Å². The molecule has 0 radical (unpaired) electrons. The molecule has 1 unspecified atom stereocenters. The number of methoxy groups -OCH3 is 2. The van der Waals surface area contributed by atoms with Gasteiger partial charge >= 0.3 is 5.97 Å². The Labute approximate surface area is 173 Å². The van der Waals surface area contributed by atoms with Crippen LogP contribution in [0.5, 0.6) is 5.75 Å². The highest BCUT2D eigenvalue weighted by Crippen LogP contribution is 2.28. The van der Waals surface area contributed by atoms with E-state index in [9.17, 15) is 18.0 Å². The number of hydrogen-bond donors (Lipinski definition) is 1. The Kier molecular flexibility index (Phi) is 6.56. The molecule has 0 aliphatic carbocycles. The topological polar surface area (TPSA) is 102 Å². The number of thiophene rings is 1. The minimum atomic E-state index is -3.71. The Morgan fingerprint density at radius 1 is 1.17 bits per heavy atom. The maximum atomic E-state index is 12.9. The van der Waals surface area contributed by atoms with E-state index in [0.717, 1.165) is 0 Å². The van der Waals surface area contributed by atoms with Gasteiger partial charge in [0.25, 0.3) is 0 Å². The number of nitrogens with zero attached hydrogens (tertiary/aromatic N) is 1. The van der Waals surface area contributed by atoms with Gasteiger partial charge in [-0.1, -0.05) is 0 Å². The van der Waals surface area contributed by atoms with Crippen LogP contribution in [0.15, 0.2) is 40.6 Å². The lowest BCUT2D eigenvalue weighted by atomic mass is 9.99. The fraction of sp³-hybridized carbons (Fsp3) is 0.368. The van der Waals surface area contributed by atoms with Crippen molar-refractivity contribution in [3.8, 4) is 5.75 Å². The summed E-state index contributed by atoms with van der Waals surface area (Å²) in [5.74, 6) is -0.789. The predicted molar refractivity (Wildman–Crippen MR) is 109 cm³/mol. The van der Waals surface area contributed by atoms with Gasteiger partial charge in [-0.3, -0.25) is 4.79 Å². The van der Waals surface area contributed by atoms with E-state index in [4.69, 9.17) is 9.47 Å². The van der Waals surface area contributed by atoms with Gasteiger partial charge in [-0.05, 0) is 48.6 Å². The summed E-state index contributed by atoms with van der Waals surface area (Å²) in [7, 11) is -0.932. The second-order valence-corrected chi connectivity index (χ2v) is 9.38. The molecule has 29 heavy (non-hydrogen) atoms. The van der Waals surface area contributed by atoms with Gasteiger partial charge in [0.1, 0.15) is 10.8 Å². The number of esters is 1. The zero-order chi connectivity index (χ0) is 21.0. The average Bonchev–Trinajstić information content (AvgIpc) is 3.21. The summed E-state index contributed by atoms with van der Waals surface area (Å²) in [4.78, 5) is 24.7. The molecule has 156 valence electrons. The molecule has 1 aromatic carbocycles. The number of amides is 1. The highest BCUT2D eigenvalue weighted by molar-refractivity contribution is 7.89. The molecule has 1 aromatic heterocycles. The number of benzene rings is 1. The second kappa shape index (κ2) is 8.93. The van der Waals surface area contributed by atoms with Gasteiger partial charge in [-0.15, -0.1) is 11.3 Å². The molecule has 1 aliphatic heterocycles. The highest BCUT2D eigenvalue weighted by Gasteiger charge is 2.33. The standard InChI is InChI=1S/C19H22N2O6S2/c1-26-14-5-7-15(8-6-14)29(24,25)21-10-3-4-13(12-21)17(22)20-18-16(9-11-28-18)19(23)27-2/h5-9,11,13H,3-4,10,12H2,1-2H3,(H,20,22). The summed E-state index contributed by atoms with van der Waals surface area (Å²) in [6, 6.07) is 7.74. The van der Waals surface area contributed by atoms with E-state index in [1.54, 1.807) is 23.6 Å². The molecule has 0 spiro atoms. The lowest BCUT2D eigenvalue weighted by molar-refractivity contribution is -0.120. The number of sulfonamides is 1. The molecule has 0 bridgehead atoms. The lowest BCUT2D eigenvalue weighted by Gasteiger charge is -2.31. The third-order valence-electron chi connectivity index (χ3n) is 4.76. The van der Waals surface area contributed by atoms with Crippen molar-refractivity contribution in [1.29, 1.82) is 0 Å². The van der Waals surface area contributed by atoms with E-state index in [-0.39, 0.29) is 22.9 Å². The Balaban J connectivity index is 1.72. The van der Waals surface area contributed by atoms with Crippen molar-refractivity contribution in [2.45, 2.75) is 17.7 Å². The lowest BCUT2D eigenvalue weighted by Crippen LogP contribution is -2.43. The molecule has 2 aromatic rings. The number of ether oxygens (including phenoxy) is 2. The predicted octanol–water partition coefficient (Wildman–Crippen LogP) is 2.58. The molecule has 1 amide bonds. The van der Waals surface area contributed by atoms with Crippen LogP contribution < -0.4 is 10.1 Å². The van der Waals surface area contributed by atoms with Crippen molar-refractivity contribution in [3.05, 3.63) is 41.3 Å². The Morgan fingerprint density at radius 2 is 1.90 bits per heavy atom. The first-order chi connectivity index (χ1) is 13.9. The van der Waals surface area contributed by atoms with Crippen molar-refractivity contribution >= 4 is 38.2 Å². The normalized spacial score (nSPS) is 17.5. The molecule has 1 saturated heterocycles. The third-order valence-corrected chi connectivity index (χ3v) is 7.47. The smallest absolute Gasteiger partial charge is 0.340 e. The van der Waals surface area contributed by atoms with Gasteiger partial charge in [0.2, 0.25) is 15.9 Å². The third kappa shape index (κ3) is 4.60. The minimum absolute atomic E-state index is 0.0825. The molecule has 1 aliphatic rings. The van der Waals surface area contributed by atoms with Gasteiger partial charge in [0.15, 0.2) is 0 Å². The molecule has 2 heterocycles. The maximum absolute atomic E-state index is 12.9. The zero-order valence-electron chi connectivity index (χ0n) is 16.1. The SMILES string of the molecule is COC(=O)c1ccsc1NC(=O)C1CCCN(S(=O)(=O)c2ccc(OC)cc2)C1. The summed E-state index contributed by atoms with van der Waals surface area (Å²) >= 11 is 1.22. The molecule has 1 fully saturated rings. The molecule has 8 nitrogen and oxygen atoms in total. The summed E-state index contributed by atoms with van der Waals surface area (Å²) in [5, 5.41) is 4.83. The molecule has 1 N–H and O–H groups in total. The molecule has 1 atom stereocenters. The van der Waals surface area contributed by atoms with E-state index in [1.807, 2.05) is 0 Å². The molecule has 10 heteroatoms. The van der Waals surface area contributed by atoms with Gasteiger partial charge < -0.3 is 14.8 Å². The van der Waals surface area contributed by atoms with Crippen LogP contribution in [-0.4, -0.2) is 51.9 Å². The van der Waals surface area contributed by atoms with Gasteiger partial charge in [0, 0.05) is 13.1 Å². The van der Waals surface area contributed by atoms with Crippen LogP contribution in [0.25, 0.3) is 0 Å². The first-order valence-corrected chi connectivity index (χ1v) is 11.3. The Morgan fingerprint density at radius 3 is 2.55 bits per heavy atom. The van der Waals surface area contributed by atoms with Crippen LogP contribution in [-0.2, 0) is 19.6 Å². The van der Waals surface area contributed by atoms with E-state index >= 15 is 0 Å². The molecule has 0 saturated carbocycles. The van der Waals surface area contributed by atoms with Crippen LogP contribution in [0, 0.1) is 5.92 Å². The summed E-state index contributed by atoms with van der Waals surface area (Å²) in [6.45, 7) is 0.434. The minimum Gasteiger partial charge on any atom is -0.497 e. The van der Waals surface area contributed by atoms with Crippen LogP contribution in [0.3, 0.4) is 0 Å². The van der Waals surface area contributed by atoms with Crippen molar-refractivity contribution in [3.63, 3.8) is 0 Å². The van der Waals surface area contributed by atoms with E-state index in [2.05, 4.69) is 5.32 Å². The van der Waals surface area contributed by atoms with Gasteiger partial charge in [0.05, 0.1) is 30.6 Å². The quantitative estimate of drug-likeness (QED) is 0.696. The average molecular weight is 439 g/mol. The van der Waals surface area contributed by atoms with Crippen LogP contribution >= 0.6 is 11.3 Å². The molecular weight excluding hydrogens is 416 g/mol. The van der Waals surface area contributed by atoms with Crippen molar-refractivity contribution in [1.82, 2.24) is 4.31 Å². The first kappa shape index (κ1) is 21.3. The molecule has 3 rings (SSSR count). The van der Waals surface area contributed by atoms with E-state index < -0.39 is 21.9 Å². The first-order valence-electron chi connectivity index (χ1n) is 8.97. The van der Waals surface area contributed by atoms with Crippen LogP contribution in [0.2, 0.25) is 0 Å². The van der Waals surface area contributed by atoms with Crippen molar-refractivity contribution in [2.24, 2.45) is 5.92 Å². The fourth-order valence-corrected chi connectivity index (χ4v) is 5.46. The van der Waals surface area contributed by atoms with E-state index in [0.29, 0.717) is 30.1 Å². The monoisotopic (exact) mass is 438 g/mol. The number of carbonyl (C=O) groups is 2. The van der Waals surface area contributed by atoms with Gasteiger partial charge in [-0.2, -0.15) is 4.31 Å². The number of hydrogen-bond acceptors (Lipinski definition) is 7. The summed E-state index contributed by atoms with van der Waals surface area (Å²) in [6.07, 6.45) is 1.14. The van der Waals surface area contributed by atoms with Crippen molar-refractivity contribution in [2.75, 3.05) is 32.6 Å². The maximum Gasteiger partial charge on any atom is 0.340 e. The zero-order valence-corrected chi connectivity index (χ0v) is 17.7.